The minimum Gasteiger partial charge on any atom is -0.393 e. The number of aliphatic hydroxyl groups excluding tert-OH is 1. The molecule has 0 bridgehead atoms. The number of allylic oxidation sites excluding steroid dienone is 1. The number of fused-ring (bicyclic) bond motifs is 5. The summed E-state index contributed by atoms with van der Waals surface area (Å²) in [5.41, 5.74) is 0.920. The van der Waals surface area contributed by atoms with E-state index < -0.39 is 6.10 Å². The molecule has 4 aliphatic rings. The molecule has 0 spiro atoms. The molecular weight excluding hydrogens is 276 g/mol. The minimum atomic E-state index is -0.407. The third kappa shape index (κ3) is 1.72. The fourth-order valence-corrected chi connectivity index (χ4v) is 6.46. The normalized spacial score (nSPS) is 51.0. The van der Waals surface area contributed by atoms with Crippen molar-refractivity contribution in [3.63, 3.8) is 0 Å². The van der Waals surface area contributed by atoms with E-state index >= 15 is 0 Å². The maximum atomic E-state index is 12.4. The van der Waals surface area contributed by atoms with Gasteiger partial charge in [-0.15, -0.1) is 0 Å². The van der Waals surface area contributed by atoms with Crippen molar-refractivity contribution in [2.24, 2.45) is 28.6 Å². The van der Waals surface area contributed by atoms with Gasteiger partial charge < -0.3 is 5.11 Å². The van der Waals surface area contributed by atoms with Crippen LogP contribution in [0, 0.1) is 28.6 Å². The Labute approximate surface area is 132 Å². The van der Waals surface area contributed by atoms with E-state index in [1.165, 1.54) is 5.57 Å². The highest BCUT2D eigenvalue weighted by molar-refractivity contribution is 5.91. The lowest BCUT2D eigenvalue weighted by atomic mass is 9.46. The van der Waals surface area contributed by atoms with Crippen molar-refractivity contribution in [1.29, 1.82) is 0 Å². The Kier molecular flexibility index (Phi) is 3.01. The molecule has 0 unspecified atom stereocenters. The quantitative estimate of drug-likeness (QED) is 0.748. The van der Waals surface area contributed by atoms with E-state index in [2.05, 4.69) is 13.8 Å². The van der Waals surface area contributed by atoms with Crippen molar-refractivity contribution in [2.45, 2.75) is 64.9 Å². The first-order chi connectivity index (χ1) is 10.4. The maximum absolute atomic E-state index is 12.4. The van der Waals surface area contributed by atoms with Crippen molar-refractivity contribution in [3.05, 3.63) is 11.6 Å². The molecule has 0 aliphatic heterocycles. The third-order valence-corrected chi connectivity index (χ3v) is 7.61. The molecule has 0 amide bonds. The Morgan fingerprint density at radius 3 is 2.64 bits per heavy atom. The van der Waals surface area contributed by atoms with Gasteiger partial charge in [-0.3, -0.25) is 9.59 Å². The van der Waals surface area contributed by atoms with E-state index in [4.69, 9.17) is 0 Å². The van der Waals surface area contributed by atoms with Crippen molar-refractivity contribution >= 4 is 11.6 Å². The van der Waals surface area contributed by atoms with Gasteiger partial charge in [-0.25, -0.2) is 0 Å². The maximum Gasteiger partial charge on any atom is 0.155 e. The zero-order chi connectivity index (χ0) is 15.7. The van der Waals surface area contributed by atoms with Crippen LogP contribution in [0.1, 0.15) is 58.8 Å². The Hall–Kier alpha value is -0.960. The van der Waals surface area contributed by atoms with E-state index in [9.17, 15) is 14.7 Å². The number of hydrogen-bond acceptors (Lipinski definition) is 3. The van der Waals surface area contributed by atoms with Crippen molar-refractivity contribution in [3.8, 4) is 0 Å². The van der Waals surface area contributed by atoms with Crippen LogP contribution in [0.3, 0.4) is 0 Å². The molecule has 0 radical (unpaired) electrons. The van der Waals surface area contributed by atoms with Gasteiger partial charge in [-0.05, 0) is 61.3 Å². The lowest BCUT2D eigenvalue weighted by Crippen LogP contribution is -2.56. The average molecular weight is 302 g/mol. The van der Waals surface area contributed by atoms with Crippen molar-refractivity contribution in [1.82, 2.24) is 0 Å². The van der Waals surface area contributed by atoms with Crippen LogP contribution >= 0.6 is 0 Å². The van der Waals surface area contributed by atoms with Gasteiger partial charge in [0.25, 0.3) is 0 Å². The molecule has 3 heteroatoms. The van der Waals surface area contributed by atoms with Crippen LogP contribution in [0.25, 0.3) is 0 Å². The molecule has 3 saturated carbocycles. The van der Waals surface area contributed by atoms with Gasteiger partial charge >= 0.3 is 0 Å². The zero-order valence-electron chi connectivity index (χ0n) is 13.6. The zero-order valence-corrected chi connectivity index (χ0v) is 13.6. The first-order valence-corrected chi connectivity index (χ1v) is 8.81. The van der Waals surface area contributed by atoms with Crippen molar-refractivity contribution in [2.75, 3.05) is 0 Å². The molecule has 6 atom stereocenters. The molecule has 0 aromatic rings. The Balaban J connectivity index is 1.75. The Bertz CT molecular complexity index is 577. The predicted octanol–water partition coefficient (Wildman–Crippen LogP) is 3.06. The molecule has 0 aromatic carbocycles. The van der Waals surface area contributed by atoms with Gasteiger partial charge in [0.1, 0.15) is 5.78 Å². The summed E-state index contributed by atoms with van der Waals surface area (Å²) in [6.45, 7) is 4.34. The average Bonchev–Trinajstić information content (AvgIpc) is 2.75. The second kappa shape index (κ2) is 4.53. The van der Waals surface area contributed by atoms with Gasteiger partial charge in [0.05, 0.1) is 6.10 Å². The smallest absolute Gasteiger partial charge is 0.155 e. The number of ketones is 2. The first kappa shape index (κ1) is 14.6. The summed E-state index contributed by atoms with van der Waals surface area (Å²) in [6.07, 6.45) is 7.24. The number of carbonyl (C=O) groups is 2. The Morgan fingerprint density at radius 2 is 1.86 bits per heavy atom. The number of hydrogen-bond donors (Lipinski definition) is 1. The number of carbonyl (C=O) groups excluding carboxylic acids is 2. The number of aliphatic hydroxyl groups is 1. The summed E-state index contributed by atoms with van der Waals surface area (Å²) < 4.78 is 0. The van der Waals surface area contributed by atoms with Crippen LogP contribution in [-0.2, 0) is 9.59 Å². The molecule has 0 heterocycles. The second-order valence-electron chi connectivity index (χ2n) is 8.54. The van der Waals surface area contributed by atoms with Gasteiger partial charge in [0, 0.05) is 18.3 Å². The molecule has 3 fully saturated rings. The van der Waals surface area contributed by atoms with Crippen LogP contribution in [-0.4, -0.2) is 22.8 Å². The van der Waals surface area contributed by atoms with Gasteiger partial charge in [0.2, 0.25) is 0 Å². The third-order valence-electron chi connectivity index (χ3n) is 7.61. The van der Waals surface area contributed by atoms with Gasteiger partial charge in [-0.1, -0.05) is 19.4 Å². The Morgan fingerprint density at radius 1 is 1.09 bits per heavy atom. The first-order valence-electron chi connectivity index (χ1n) is 8.81. The molecule has 3 nitrogen and oxygen atoms in total. The number of Topliss-reactive ketones (excluding diaryl/α,β-unsaturated/α-hetero) is 1. The summed E-state index contributed by atoms with van der Waals surface area (Å²) in [5, 5.41) is 10.9. The highest BCUT2D eigenvalue weighted by atomic mass is 16.3. The summed E-state index contributed by atoms with van der Waals surface area (Å²) in [7, 11) is 0. The van der Waals surface area contributed by atoms with Crippen LogP contribution in [0.4, 0.5) is 0 Å². The van der Waals surface area contributed by atoms with Gasteiger partial charge in [-0.2, -0.15) is 0 Å². The summed E-state index contributed by atoms with van der Waals surface area (Å²) in [6, 6.07) is 0. The standard InChI is InChI=1S/C19H26O3/c1-18-8-7-12(20)9-11(18)3-4-13-14-5-6-16(22)19(14,2)10-15(21)17(13)18/h9,13-15,17,21H,3-8,10H2,1-2H3/t13-,14-,15+,17+,18-,19+/m1/s1. The largest absolute Gasteiger partial charge is 0.393 e. The fourth-order valence-electron chi connectivity index (χ4n) is 6.46. The second-order valence-corrected chi connectivity index (χ2v) is 8.54. The fraction of sp³-hybridized carbons (Fsp3) is 0.789. The minimum absolute atomic E-state index is 0.0385. The number of rotatable bonds is 0. The topological polar surface area (TPSA) is 54.4 Å². The molecule has 120 valence electrons. The van der Waals surface area contributed by atoms with Crippen molar-refractivity contribution < 1.29 is 14.7 Å². The van der Waals surface area contributed by atoms with Crippen LogP contribution < -0.4 is 0 Å². The summed E-state index contributed by atoms with van der Waals surface area (Å²) in [4.78, 5) is 24.2. The molecular formula is C19H26O3. The van der Waals surface area contributed by atoms with Crippen LogP contribution in [0.2, 0.25) is 0 Å². The van der Waals surface area contributed by atoms with E-state index in [1.54, 1.807) is 0 Å². The van der Waals surface area contributed by atoms with E-state index in [1.807, 2.05) is 6.08 Å². The molecule has 0 saturated heterocycles. The predicted molar refractivity (Wildman–Crippen MR) is 83.1 cm³/mol. The summed E-state index contributed by atoms with van der Waals surface area (Å²) >= 11 is 0. The molecule has 4 aliphatic carbocycles. The SMILES string of the molecule is C[C@@]12CCC(=O)C=C1CC[C@H]1[C@H]2[C@@H](O)C[C@]2(C)C(=O)CC[C@H]12. The van der Waals surface area contributed by atoms with E-state index in [0.29, 0.717) is 36.9 Å². The lowest BCUT2D eigenvalue weighted by molar-refractivity contribution is -0.147. The van der Waals surface area contributed by atoms with E-state index in [-0.39, 0.29) is 22.5 Å². The molecule has 22 heavy (non-hydrogen) atoms. The molecule has 0 aromatic heterocycles. The van der Waals surface area contributed by atoms with Crippen LogP contribution in [0.15, 0.2) is 11.6 Å². The van der Waals surface area contributed by atoms with Gasteiger partial charge in [0.15, 0.2) is 5.78 Å². The van der Waals surface area contributed by atoms with E-state index in [0.717, 1.165) is 25.7 Å². The summed E-state index contributed by atoms with van der Waals surface area (Å²) in [5.74, 6) is 1.71. The highest BCUT2D eigenvalue weighted by Crippen LogP contribution is 2.64. The van der Waals surface area contributed by atoms with Crippen LogP contribution in [0.5, 0.6) is 0 Å². The lowest BCUT2D eigenvalue weighted by Gasteiger charge is -2.58. The molecule has 1 N–H and O–H groups in total. The monoisotopic (exact) mass is 302 g/mol. The molecule has 4 rings (SSSR count). The highest BCUT2D eigenvalue weighted by Gasteiger charge is 2.61.